The first-order valence-electron chi connectivity index (χ1n) is 13.8. The molecule has 0 radical (unpaired) electrons. The van der Waals surface area contributed by atoms with Crippen LogP contribution in [0.4, 0.5) is 24.0 Å². The van der Waals surface area contributed by atoms with Crippen molar-refractivity contribution < 1.29 is 46.5 Å². The highest BCUT2D eigenvalue weighted by Crippen LogP contribution is 2.29. The predicted molar refractivity (Wildman–Crippen MR) is 152 cm³/mol. The van der Waals surface area contributed by atoms with Crippen molar-refractivity contribution in [3.05, 3.63) is 90.0 Å². The highest BCUT2D eigenvalue weighted by molar-refractivity contribution is 5.96. The van der Waals surface area contributed by atoms with Crippen molar-refractivity contribution in [3.8, 4) is 5.75 Å². The molecule has 0 spiro atoms. The Morgan fingerprint density at radius 2 is 1.80 bits per heavy atom. The SMILES string of the molecule is CN(CCOc1ccc([C@H](O)[C@H](OCC(F)(F)F)C(=O)N2C(=O)OCC2Cc2ccccc2)cc1)c1nc2ccccc2o1. The van der Waals surface area contributed by atoms with Crippen LogP contribution in [0.1, 0.15) is 17.2 Å². The Hall–Kier alpha value is -4.62. The van der Waals surface area contributed by atoms with Gasteiger partial charge in [0, 0.05) is 7.05 Å². The summed E-state index contributed by atoms with van der Waals surface area (Å²) in [5, 5.41) is 11.0. The fourth-order valence-corrected chi connectivity index (χ4v) is 4.74. The first-order chi connectivity index (χ1) is 21.1. The number of carbonyl (C=O) groups is 2. The number of aliphatic hydroxyl groups excluding tert-OH is 1. The summed E-state index contributed by atoms with van der Waals surface area (Å²) in [7, 11) is 1.80. The third-order valence-corrected chi connectivity index (χ3v) is 7.00. The lowest BCUT2D eigenvalue weighted by Crippen LogP contribution is -2.49. The van der Waals surface area contributed by atoms with Crippen molar-refractivity contribution in [2.45, 2.75) is 30.8 Å². The number of fused-ring (bicyclic) bond motifs is 1. The fourth-order valence-electron chi connectivity index (χ4n) is 4.74. The van der Waals surface area contributed by atoms with Crippen molar-refractivity contribution in [1.82, 2.24) is 9.88 Å². The molecule has 0 saturated carbocycles. The molecule has 3 atom stereocenters. The van der Waals surface area contributed by atoms with Gasteiger partial charge in [-0.2, -0.15) is 18.2 Å². The topological polar surface area (TPSA) is 115 Å². The minimum absolute atomic E-state index is 0.0913. The van der Waals surface area contributed by atoms with E-state index in [0.29, 0.717) is 23.9 Å². The summed E-state index contributed by atoms with van der Waals surface area (Å²) >= 11 is 0. The number of aromatic nitrogens is 1. The Bertz CT molecular complexity index is 1530. The lowest BCUT2D eigenvalue weighted by Gasteiger charge is -2.28. The number of cyclic esters (lactones) is 1. The number of ether oxygens (including phenoxy) is 3. The van der Waals surface area contributed by atoms with E-state index in [-0.39, 0.29) is 25.2 Å². The van der Waals surface area contributed by atoms with Gasteiger partial charge in [-0.25, -0.2) is 9.69 Å². The quantitative estimate of drug-likeness (QED) is 0.238. The largest absolute Gasteiger partial charge is 0.492 e. The molecule has 44 heavy (non-hydrogen) atoms. The van der Waals surface area contributed by atoms with Crippen LogP contribution in [0.25, 0.3) is 11.1 Å². The van der Waals surface area contributed by atoms with E-state index in [1.54, 1.807) is 42.3 Å². The van der Waals surface area contributed by atoms with Crippen LogP contribution in [0, 0.1) is 0 Å². The molecule has 5 rings (SSSR count). The van der Waals surface area contributed by atoms with Crippen LogP contribution in [-0.4, -0.2) is 78.7 Å². The summed E-state index contributed by atoms with van der Waals surface area (Å²) in [5.74, 6) is -0.718. The minimum atomic E-state index is -4.78. The number of rotatable bonds is 12. The molecule has 1 fully saturated rings. The molecular weight excluding hydrogens is 583 g/mol. The molecule has 0 bridgehead atoms. The maximum atomic E-state index is 13.5. The molecule has 1 aliphatic heterocycles. The van der Waals surface area contributed by atoms with Gasteiger partial charge in [0.1, 0.15) is 37.2 Å². The molecule has 4 aromatic rings. The number of benzene rings is 3. The van der Waals surface area contributed by atoms with Crippen LogP contribution in [0.2, 0.25) is 0 Å². The Kier molecular flexibility index (Phi) is 9.35. The maximum absolute atomic E-state index is 13.5. The van der Waals surface area contributed by atoms with E-state index in [9.17, 15) is 27.9 Å². The average molecular weight is 614 g/mol. The van der Waals surface area contributed by atoms with Crippen molar-refractivity contribution in [2.75, 3.05) is 38.3 Å². The molecule has 1 unspecified atom stereocenters. The number of hydrogen-bond acceptors (Lipinski definition) is 9. The van der Waals surface area contributed by atoms with E-state index in [4.69, 9.17) is 18.6 Å². The van der Waals surface area contributed by atoms with Crippen LogP contribution >= 0.6 is 0 Å². The third-order valence-electron chi connectivity index (χ3n) is 7.00. The minimum Gasteiger partial charge on any atom is -0.492 e. The lowest BCUT2D eigenvalue weighted by atomic mass is 10.0. The van der Waals surface area contributed by atoms with Gasteiger partial charge < -0.3 is 28.6 Å². The highest BCUT2D eigenvalue weighted by atomic mass is 19.4. The lowest BCUT2D eigenvalue weighted by molar-refractivity contribution is -0.199. The fraction of sp³-hybridized carbons (Fsp3) is 0.323. The number of amides is 2. The molecule has 1 aromatic heterocycles. The van der Waals surface area contributed by atoms with Gasteiger partial charge >= 0.3 is 12.3 Å². The number of anilines is 1. The Morgan fingerprint density at radius 3 is 2.50 bits per heavy atom. The van der Waals surface area contributed by atoms with E-state index in [1.807, 2.05) is 24.3 Å². The van der Waals surface area contributed by atoms with Gasteiger partial charge in [-0.1, -0.05) is 54.6 Å². The Morgan fingerprint density at radius 1 is 1.09 bits per heavy atom. The summed E-state index contributed by atoms with van der Waals surface area (Å²) in [6.45, 7) is -1.28. The molecule has 10 nitrogen and oxygen atoms in total. The zero-order chi connectivity index (χ0) is 31.3. The second-order valence-corrected chi connectivity index (χ2v) is 10.2. The van der Waals surface area contributed by atoms with Crippen LogP contribution < -0.4 is 9.64 Å². The Labute approximate surface area is 250 Å². The average Bonchev–Trinajstić information content (AvgIpc) is 3.60. The number of para-hydroxylation sites is 2. The number of carbonyl (C=O) groups excluding carboxylic acids is 2. The third kappa shape index (κ3) is 7.47. The summed E-state index contributed by atoms with van der Waals surface area (Å²) in [6.07, 6.45) is -9.44. The van der Waals surface area contributed by atoms with E-state index in [2.05, 4.69) is 4.98 Å². The van der Waals surface area contributed by atoms with Crippen molar-refractivity contribution in [3.63, 3.8) is 0 Å². The molecule has 3 aromatic carbocycles. The number of hydrogen-bond donors (Lipinski definition) is 1. The number of likely N-dealkylation sites (N-methyl/N-ethyl adjacent to an activating group) is 1. The Balaban J connectivity index is 1.24. The number of nitrogens with zero attached hydrogens (tertiary/aromatic N) is 3. The summed E-state index contributed by atoms with van der Waals surface area (Å²) in [6, 6.07) is 21.8. The summed E-state index contributed by atoms with van der Waals surface area (Å²) < 4.78 is 60.7. The van der Waals surface area contributed by atoms with E-state index in [0.717, 1.165) is 16.0 Å². The summed E-state index contributed by atoms with van der Waals surface area (Å²) in [4.78, 5) is 32.9. The van der Waals surface area contributed by atoms with Gasteiger partial charge in [0.25, 0.3) is 11.9 Å². The van der Waals surface area contributed by atoms with Gasteiger partial charge in [0.2, 0.25) is 0 Å². The molecular formula is C31H30F3N3O7. The van der Waals surface area contributed by atoms with Gasteiger partial charge in [-0.05, 0) is 41.8 Å². The highest BCUT2D eigenvalue weighted by Gasteiger charge is 2.45. The van der Waals surface area contributed by atoms with E-state index in [1.165, 1.54) is 24.3 Å². The first-order valence-corrected chi connectivity index (χ1v) is 13.8. The number of oxazole rings is 1. The van der Waals surface area contributed by atoms with Crippen molar-refractivity contribution >= 4 is 29.1 Å². The first kappa shape index (κ1) is 30.8. The van der Waals surface area contributed by atoms with Crippen LogP contribution in [0.15, 0.2) is 83.3 Å². The number of imide groups is 1. The monoisotopic (exact) mass is 613 g/mol. The van der Waals surface area contributed by atoms with Crippen LogP contribution in [0.3, 0.4) is 0 Å². The van der Waals surface area contributed by atoms with Gasteiger partial charge in [-0.3, -0.25) is 4.79 Å². The summed E-state index contributed by atoms with van der Waals surface area (Å²) in [5.41, 5.74) is 2.27. The van der Waals surface area contributed by atoms with Crippen LogP contribution in [0.5, 0.6) is 5.75 Å². The number of aliphatic hydroxyl groups is 1. The number of halogens is 3. The second-order valence-electron chi connectivity index (χ2n) is 10.2. The smallest absolute Gasteiger partial charge is 0.417 e. The van der Waals surface area contributed by atoms with Crippen molar-refractivity contribution in [2.24, 2.45) is 0 Å². The zero-order valence-corrected chi connectivity index (χ0v) is 23.6. The zero-order valence-electron chi connectivity index (χ0n) is 23.6. The molecule has 13 heteroatoms. The molecule has 2 heterocycles. The standard InChI is InChI=1S/C31H30F3N3O7/c1-36(29-35-24-9-5-6-10-25(24)44-29)15-16-41-23-13-11-21(12-14-23)26(38)27(43-19-31(32,33)34)28(39)37-22(18-42-30(37)40)17-20-7-3-2-4-8-20/h2-14,22,26-27,38H,15-19H2,1H3/t22?,26-,27-/m0/s1. The second kappa shape index (κ2) is 13.3. The van der Waals surface area contributed by atoms with Crippen molar-refractivity contribution in [1.29, 1.82) is 0 Å². The molecule has 0 aliphatic carbocycles. The molecule has 232 valence electrons. The van der Waals surface area contributed by atoms with E-state index < -0.39 is 43.0 Å². The van der Waals surface area contributed by atoms with E-state index >= 15 is 0 Å². The molecule has 2 amide bonds. The van der Waals surface area contributed by atoms with Gasteiger partial charge in [0.05, 0.1) is 12.6 Å². The number of alkyl halides is 3. The molecule has 1 saturated heterocycles. The normalized spacial score (nSPS) is 16.5. The van der Waals surface area contributed by atoms with Gasteiger partial charge in [-0.15, -0.1) is 0 Å². The molecule has 1 aliphatic rings. The molecule has 1 N–H and O–H groups in total. The predicted octanol–water partition coefficient (Wildman–Crippen LogP) is 4.91. The maximum Gasteiger partial charge on any atom is 0.417 e. The van der Waals surface area contributed by atoms with Gasteiger partial charge in [0.15, 0.2) is 11.7 Å². The van der Waals surface area contributed by atoms with Crippen LogP contribution in [-0.2, 0) is 20.7 Å².